The molecule has 1 aliphatic heterocycles. The number of hydrogen-bond acceptors (Lipinski definition) is 3. The number of anilines is 1. The smallest absolute Gasteiger partial charge is 0.251 e. The summed E-state index contributed by atoms with van der Waals surface area (Å²) < 4.78 is 0. The lowest BCUT2D eigenvalue weighted by molar-refractivity contribution is -0.113. The second-order valence-corrected chi connectivity index (χ2v) is 7.93. The van der Waals surface area contributed by atoms with Crippen LogP contribution in [-0.2, 0) is 4.79 Å². The van der Waals surface area contributed by atoms with E-state index < -0.39 is 5.91 Å². The molecule has 2 amide bonds. The average Bonchev–Trinajstić information content (AvgIpc) is 2.80. The molecule has 30 heavy (non-hydrogen) atoms. The van der Waals surface area contributed by atoms with Crippen molar-refractivity contribution in [3.8, 4) is 0 Å². The molecule has 0 aromatic heterocycles. The summed E-state index contributed by atoms with van der Waals surface area (Å²) in [6.07, 6.45) is 8.11. The van der Waals surface area contributed by atoms with Gasteiger partial charge in [0.25, 0.3) is 11.8 Å². The second kappa shape index (κ2) is 9.09. The highest BCUT2D eigenvalue weighted by molar-refractivity contribution is 6.08. The summed E-state index contributed by atoms with van der Waals surface area (Å²) in [4.78, 5) is 24.5. The summed E-state index contributed by atoms with van der Waals surface area (Å²) in [7, 11) is 0. The number of benzene rings is 2. The van der Waals surface area contributed by atoms with Gasteiger partial charge in [-0.2, -0.15) is 0 Å². The maximum absolute atomic E-state index is 12.9. The summed E-state index contributed by atoms with van der Waals surface area (Å²) >= 11 is 0. The SMILES string of the molecule is NC(=O)c1ccccc1NC(=O)C1=CC(C2CC(c3ccccc3)=CCN2)CCC1. The quantitative estimate of drug-likeness (QED) is 0.710. The third kappa shape index (κ3) is 4.52. The van der Waals surface area contributed by atoms with Crippen LogP contribution in [0, 0.1) is 5.92 Å². The van der Waals surface area contributed by atoms with Crippen LogP contribution in [0.15, 0.2) is 72.3 Å². The van der Waals surface area contributed by atoms with Crippen molar-refractivity contribution in [1.82, 2.24) is 5.32 Å². The Morgan fingerprint density at radius 3 is 2.60 bits per heavy atom. The van der Waals surface area contributed by atoms with Crippen molar-refractivity contribution in [2.24, 2.45) is 11.7 Å². The molecule has 5 heteroatoms. The highest BCUT2D eigenvalue weighted by Crippen LogP contribution is 2.32. The fourth-order valence-corrected chi connectivity index (χ4v) is 4.39. The molecule has 0 saturated heterocycles. The Labute approximate surface area is 177 Å². The number of nitrogens with two attached hydrogens (primary N) is 1. The third-order valence-corrected chi connectivity index (χ3v) is 5.96. The number of carbonyl (C=O) groups is 2. The molecule has 0 radical (unpaired) electrons. The summed E-state index contributed by atoms with van der Waals surface area (Å²) in [5.74, 6) is -0.394. The lowest BCUT2D eigenvalue weighted by atomic mass is 9.80. The van der Waals surface area contributed by atoms with Gasteiger partial charge >= 0.3 is 0 Å². The topological polar surface area (TPSA) is 84.2 Å². The maximum atomic E-state index is 12.9. The van der Waals surface area contributed by atoms with Crippen molar-refractivity contribution in [2.75, 3.05) is 11.9 Å². The van der Waals surface area contributed by atoms with Gasteiger partial charge in [-0.1, -0.05) is 54.6 Å². The van der Waals surface area contributed by atoms with Crippen LogP contribution in [0.2, 0.25) is 0 Å². The molecule has 5 nitrogen and oxygen atoms in total. The lowest BCUT2D eigenvalue weighted by Gasteiger charge is -2.32. The normalized spacial score (nSPS) is 21.3. The van der Waals surface area contributed by atoms with E-state index in [0.29, 0.717) is 23.2 Å². The fraction of sp³-hybridized carbons (Fsp3) is 0.280. The Bertz CT molecular complexity index is 994. The van der Waals surface area contributed by atoms with Crippen LogP contribution in [0.1, 0.15) is 41.6 Å². The summed E-state index contributed by atoms with van der Waals surface area (Å²) in [5.41, 5.74) is 9.63. The monoisotopic (exact) mass is 401 g/mol. The number of amides is 2. The molecule has 2 aromatic rings. The molecule has 4 rings (SSSR count). The van der Waals surface area contributed by atoms with Crippen LogP contribution in [0.4, 0.5) is 5.69 Å². The predicted octanol–water partition coefficient (Wildman–Crippen LogP) is 3.90. The molecule has 0 bridgehead atoms. The van der Waals surface area contributed by atoms with Gasteiger partial charge in [0.2, 0.25) is 0 Å². The summed E-state index contributed by atoms with van der Waals surface area (Å²) in [6.45, 7) is 0.840. The Morgan fingerprint density at radius 1 is 1.03 bits per heavy atom. The van der Waals surface area contributed by atoms with E-state index in [0.717, 1.165) is 37.8 Å². The van der Waals surface area contributed by atoms with Crippen LogP contribution >= 0.6 is 0 Å². The first kappa shape index (κ1) is 20.1. The number of para-hydroxylation sites is 1. The first-order chi connectivity index (χ1) is 14.6. The van der Waals surface area contributed by atoms with Gasteiger partial charge in [0, 0.05) is 18.2 Å². The van der Waals surface area contributed by atoms with Gasteiger partial charge in [-0.05, 0) is 54.9 Å². The van der Waals surface area contributed by atoms with E-state index in [2.05, 4.69) is 47.1 Å². The zero-order valence-electron chi connectivity index (χ0n) is 16.9. The van der Waals surface area contributed by atoms with Crippen molar-refractivity contribution in [1.29, 1.82) is 0 Å². The first-order valence-corrected chi connectivity index (χ1v) is 10.5. The Balaban J connectivity index is 1.47. The fourth-order valence-electron chi connectivity index (χ4n) is 4.39. The molecule has 0 fully saturated rings. The van der Waals surface area contributed by atoms with Gasteiger partial charge in [0.15, 0.2) is 0 Å². The highest BCUT2D eigenvalue weighted by Gasteiger charge is 2.27. The van der Waals surface area contributed by atoms with E-state index in [9.17, 15) is 9.59 Å². The molecule has 154 valence electrons. The van der Waals surface area contributed by atoms with Gasteiger partial charge in [-0.3, -0.25) is 9.59 Å². The zero-order chi connectivity index (χ0) is 20.9. The molecule has 1 heterocycles. The van der Waals surface area contributed by atoms with Gasteiger partial charge < -0.3 is 16.4 Å². The van der Waals surface area contributed by atoms with Crippen LogP contribution in [0.3, 0.4) is 0 Å². The van der Waals surface area contributed by atoms with Crippen LogP contribution in [-0.4, -0.2) is 24.4 Å². The minimum Gasteiger partial charge on any atom is -0.366 e. The van der Waals surface area contributed by atoms with Gasteiger partial charge in [0.1, 0.15) is 0 Å². The lowest BCUT2D eigenvalue weighted by Crippen LogP contribution is -2.39. The third-order valence-electron chi connectivity index (χ3n) is 5.96. The number of carbonyl (C=O) groups excluding carboxylic acids is 2. The largest absolute Gasteiger partial charge is 0.366 e. The van der Waals surface area contributed by atoms with Crippen molar-refractivity contribution >= 4 is 23.1 Å². The van der Waals surface area contributed by atoms with Gasteiger partial charge in [-0.15, -0.1) is 0 Å². The molecular weight excluding hydrogens is 374 g/mol. The summed E-state index contributed by atoms with van der Waals surface area (Å²) in [5, 5.41) is 6.49. The molecule has 2 atom stereocenters. The average molecular weight is 402 g/mol. The maximum Gasteiger partial charge on any atom is 0.251 e. The molecule has 4 N–H and O–H groups in total. The van der Waals surface area contributed by atoms with Crippen molar-refractivity contribution in [3.63, 3.8) is 0 Å². The Hall–Kier alpha value is -3.18. The molecule has 2 unspecified atom stereocenters. The first-order valence-electron chi connectivity index (χ1n) is 10.5. The highest BCUT2D eigenvalue weighted by atomic mass is 16.2. The van der Waals surface area contributed by atoms with Crippen molar-refractivity contribution < 1.29 is 9.59 Å². The van der Waals surface area contributed by atoms with Crippen molar-refractivity contribution in [3.05, 3.63) is 83.4 Å². The summed E-state index contributed by atoms with van der Waals surface area (Å²) in [6, 6.07) is 17.6. The zero-order valence-corrected chi connectivity index (χ0v) is 16.9. The van der Waals surface area contributed by atoms with Gasteiger partial charge in [0.05, 0.1) is 11.3 Å². The predicted molar refractivity (Wildman–Crippen MR) is 120 cm³/mol. The minimum absolute atomic E-state index is 0.150. The van der Waals surface area contributed by atoms with Crippen molar-refractivity contribution in [2.45, 2.75) is 31.7 Å². The van der Waals surface area contributed by atoms with E-state index in [1.807, 2.05) is 6.07 Å². The van der Waals surface area contributed by atoms with Gasteiger partial charge in [-0.25, -0.2) is 0 Å². The van der Waals surface area contributed by atoms with E-state index in [1.165, 1.54) is 11.1 Å². The van der Waals surface area contributed by atoms with Crippen LogP contribution in [0.5, 0.6) is 0 Å². The molecule has 2 aliphatic rings. The number of nitrogens with one attached hydrogen (secondary N) is 2. The molecule has 0 spiro atoms. The van der Waals surface area contributed by atoms with Crippen LogP contribution in [0.25, 0.3) is 5.57 Å². The number of rotatable bonds is 5. The van der Waals surface area contributed by atoms with Crippen LogP contribution < -0.4 is 16.4 Å². The Kier molecular flexibility index (Phi) is 6.10. The molecular formula is C25H27N3O2. The second-order valence-electron chi connectivity index (χ2n) is 7.93. The molecule has 0 saturated carbocycles. The minimum atomic E-state index is -0.548. The van der Waals surface area contributed by atoms with E-state index in [1.54, 1.807) is 24.3 Å². The molecule has 1 aliphatic carbocycles. The molecule has 2 aromatic carbocycles. The number of hydrogen-bond donors (Lipinski definition) is 3. The van der Waals surface area contributed by atoms with E-state index >= 15 is 0 Å². The standard InChI is InChI=1S/C25H27N3O2/c26-24(29)21-11-4-5-12-22(21)28-25(30)20-10-6-9-19(15-20)23-16-18(13-14-27-23)17-7-2-1-3-8-17/h1-5,7-8,11-13,15,19,23,27H,6,9-10,14,16H2,(H2,26,29)(H,28,30). The number of primary amides is 1. The Morgan fingerprint density at radius 2 is 1.80 bits per heavy atom. The van der Waals surface area contributed by atoms with E-state index in [-0.39, 0.29) is 5.91 Å². The van der Waals surface area contributed by atoms with E-state index in [4.69, 9.17) is 5.73 Å².